The molecule has 1 aromatic carbocycles. The lowest BCUT2D eigenvalue weighted by atomic mass is 10.1. The SMILES string of the molecule is Fc1ccc2c(c1)CCC2NCCCCn1ccnc1. The van der Waals surface area contributed by atoms with Crippen molar-refractivity contribution in [2.24, 2.45) is 0 Å². The predicted molar refractivity (Wildman–Crippen MR) is 76.9 cm³/mol. The van der Waals surface area contributed by atoms with Crippen molar-refractivity contribution in [3.8, 4) is 0 Å². The van der Waals surface area contributed by atoms with E-state index in [1.165, 1.54) is 11.1 Å². The fourth-order valence-corrected chi connectivity index (χ4v) is 2.91. The molecule has 0 aliphatic heterocycles. The van der Waals surface area contributed by atoms with Gasteiger partial charge in [-0.2, -0.15) is 0 Å². The third-order valence-electron chi connectivity index (χ3n) is 3.98. The molecule has 20 heavy (non-hydrogen) atoms. The van der Waals surface area contributed by atoms with E-state index in [1.54, 1.807) is 12.1 Å². The largest absolute Gasteiger partial charge is 0.337 e. The lowest BCUT2D eigenvalue weighted by molar-refractivity contribution is 0.498. The van der Waals surface area contributed by atoms with Gasteiger partial charge in [-0.05, 0) is 55.5 Å². The normalized spacial score (nSPS) is 17.4. The number of fused-ring (bicyclic) bond motifs is 1. The fraction of sp³-hybridized carbons (Fsp3) is 0.438. The van der Waals surface area contributed by atoms with Crippen LogP contribution in [-0.4, -0.2) is 16.1 Å². The van der Waals surface area contributed by atoms with Crippen LogP contribution in [0.2, 0.25) is 0 Å². The molecule has 1 unspecified atom stereocenters. The number of hydrogen-bond donors (Lipinski definition) is 1. The molecular formula is C16H20FN3. The molecule has 1 aliphatic carbocycles. The Labute approximate surface area is 118 Å². The number of rotatable bonds is 6. The first kappa shape index (κ1) is 13.3. The van der Waals surface area contributed by atoms with Gasteiger partial charge in [0.2, 0.25) is 0 Å². The number of benzene rings is 1. The molecule has 4 heteroatoms. The molecule has 0 amide bonds. The van der Waals surface area contributed by atoms with Gasteiger partial charge in [-0.25, -0.2) is 9.37 Å². The quantitative estimate of drug-likeness (QED) is 0.820. The van der Waals surface area contributed by atoms with E-state index in [0.717, 1.165) is 38.8 Å². The second-order valence-electron chi connectivity index (χ2n) is 5.40. The minimum absolute atomic E-state index is 0.121. The standard InChI is InChI=1S/C16H20FN3/c17-14-4-5-15-13(11-14)3-6-16(15)19-7-1-2-9-20-10-8-18-12-20/h4-5,8,10-12,16,19H,1-3,6-7,9H2. The van der Waals surface area contributed by atoms with Crippen LogP contribution < -0.4 is 5.32 Å². The van der Waals surface area contributed by atoms with Crippen LogP contribution in [0.5, 0.6) is 0 Å². The molecule has 1 aliphatic rings. The zero-order valence-electron chi connectivity index (χ0n) is 11.6. The maximum atomic E-state index is 13.1. The van der Waals surface area contributed by atoms with Crippen molar-refractivity contribution in [1.82, 2.24) is 14.9 Å². The average molecular weight is 273 g/mol. The Morgan fingerprint density at radius 3 is 3.15 bits per heavy atom. The molecule has 106 valence electrons. The van der Waals surface area contributed by atoms with Crippen molar-refractivity contribution < 1.29 is 4.39 Å². The van der Waals surface area contributed by atoms with E-state index in [2.05, 4.69) is 14.9 Å². The van der Waals surface area contributed by atoms with E-state index in [-0.39, 0.29) is 5.82 Å². The van der Waals surface area contributed by atoms with E-state index < -0.39 is 0 Å². The van der Waals surface area contributed by atoms with E-state index in [0.29, 0.717) is 6.04 Å². The van der Waals surface area contributed by atoms with Crippen LogP contribution in [0.1, 0.15) is 36.4 Å². The van der Waals surface area contributed by atoms with E-state index >= 15 is 0 Å². The molecule has 0 saturated heterocycles. The maximum absolute atomic E-state index is 13.1. The Balaban J connectivity index is 1.42. The second-order valence-corrected chi connectivity index (χ2v) is 5.40. The van der Waals surface area contributed by atoms with Gasteiger partial charge in [-0.15, -0.1) is 0 Å². The maximum Gasteiger partial charge on any atom is 0.123 e. The third-order valence-corrected chi connectivity index (χ3v) is 3.98. The van der Waals surface area contributed by atoms with Gasteiger partial charge in [0.15, 0.2) is 0 Å². The van der Waals surface area contributed by atoms with Crippen LogP contribution >= 0.6 is 0 Å². The summed E-state index contributed by atoms with van der Waals surface area (Å²) >= 11 is 0. The molecule has 0 fully saturated rings. The van der Waals surface area contributed by atoms with Gasteiger partial charge in [-0.1, -0.05) is 6.07 Å². The highest BCUT2D eigenvalue weighted by Gasteiger charge is 2.21. The molecule has 0 radical (unpaired) electrons. The van der Waals surface area contributed by atoms with Gasteiger partial charge < -0.3 is 9.88 Å². The Morgan fingerprint density at radius 2 is 2.30 bits per heavy atom. The number of aryl methyl sites for hydroxylation is 2. The van der Waals surface area contributed by atoms with Gasteiger partial charge in [-0.3, -0.25) is 0 Å². The van der Waals surface area contributed by atoms with Crippen LogP contribution in [0.15, 0.2) is 36.9 Å². The lowest BCUT2D eigenvalue weighted by Gasteiger charge is -2.14. The van der Waals surface area contributed by atoms with Gasteiger partial charge >= 0.3 is 0 Å². The molecule has 3 nitrogen and oxygen atoms in total. The molecule has 0 spiro atoms. The smallest absolute Gasteiger partial charge is 0.123 e. The van der Waals surface area contributed by atoms with Crippen molar-refractivity contribution in [3.05, 3.63) is 53.9 Å². The summed E-state index contributed by atoms with van der Waals surface area (Å²) in [5, 5.41) is 3.59. The van der Waals surface area contributed by atoms with Crippen LogP contribution in [0.3, 0.4) is 0 Å². The molecule has 1 aromatic heterocycles. The summed E-state index contributed by atoms with van der Waals surface area (Å²) in [5.74, 6) is -0.121. The van der Waals surface area contributed by atoms with Crippen molar-refractivity contribution in [2.45, 2.75) is 38.3 Å². The van der Waals surface area contributed by atoms with E-state index in [1.807, 2.05) is 24.8 Å². The minimum atomic E-state index is -0.121. The van der Waals surface area contributed by atoms with Gasteiger partial charge in [0.05, 0.1) is 6.33 Å². The van der Waals surface area contributed by atoms with E-state index in [4.69, 9.17) is 0 Å². The highest BCUT2D eigenvalue weighted by molar-refractivity contribution is 5.34. The van der Waals surface area contributed by atoms with Crippen LogP contribution in [0.4, 0.5) is 4.39 Å². The number of hydrogen-bond acceptors (Lipinski definition) is 2. The molecule has 0 saturated carbocycles. The first-order chi connectivity index (χ1) is 9.83. The monoisotopic (exact) mass is 273 g/mol. The number of imidazole rings is 1. The Kier molecular flexibility index (Phi) is 4.11. The molecule has 2 aromatic rings. The molecule has 1 heterocycles. The summed E-state index contributed by atoms with van der Waals surface area (Å²) < 4.78 is 15.3. The number of nitrogens with one attached hydrogen (secondary N) is 1. The Morgan fingerprint density at radius 1 is 1.35 bits per heavy atom. The zero-order chi connectivity index (χ0) is 13.8. The molecule has 1 N–H and O–H groups in total. The fourth-order valence-electron chi connectivity index (χ4n) is 2.91. The second kappa shape index (κ2) is 6.18. The summed E-state index contributed by atoms with van der Waals surface area (Å²) in [6.45, 7) is 2.03. The summed E-state index contributed by atoms with van der Waals surface area (Å²) in [6.07, 6.45) is 10.0. The zero-order valence-corrected chi connectivity index (χ0v) is 11.6. The van der Waals surface area contributed by atoms with Gasteiger partial charge in [0, 0.05) is 25.0 Å². The lowest BCUT2D eigenvalue weighted by Crippen LogP contribution is -2.20. The summed E-state index contributed by atoms with van der Waals surface area (Å²) in [4.78, 5) is 4.03. The predicted octanol–water partition coefficient (Wildman–Crippen LogP) is 3.08. The molecule has 0 bridgehead atoms. The minimum Gasteiger partial charge on any atom is -0.337 e. The van der Waals surface area contributed by atoms with Crippen LogP contribution in [-0.2, 0) is 13.0 Å². The third kappa shape index (κ3) is 3.07. The van der Waals surface area contributed by atoms with Crippen molar-refractivity contribution >= 4 is 0 Å². The number of aromatic nitrogens is 2. The first-order valence-electron chi connectivity index (χ1n) is 7.30. The van der Waals surface area contributed by atoms with Crippen molar-refractivity contribution in [1.29, 1.82) is 0 Å². The van der Waals surface area contributed by atoms with Gasteiger partial charge in [0.1, 0.15) is 5.82 Å². The number of halogens is 1. The summed E-state index contributed by atoms with van der Waals surface area (Å²) in [5.41, 5.74) is 2.45. The summed E-state index contributed by atoms with van der Waals surface area (Å²) in [6, 6.07) is 5.58. The topological polar surface area (TPSA) is 29.9 Å². The van der Waals surface area contributed by atoms with E-state index in [9.17, 15) is 4.39 Å². The highest BCUT2D eigenvalue weighted by Crippen LogP contribution is 2.31. The average Bonchev–Trinajstić information content (AvgIpc) is 3.08. The highest BCUT2D eigenvalue weighted by atomic mass is 19.1. The van der Waals surface area contributed by atoms with Crippen LogP contribution in [0.25, 0.3) is 0 Å². The molecule has 3 rings (SSSR count). The van der Waals surface area contributed by atoms with Crippen LogP contribution in [0, 0.1) is 5.82 Å². The summed E-state index contributed by atoms with van der Waals surface area (Å²) in [7, 11) is 0. The first-order valence-corrected chi connectivity index (χ1v) is 7.30. The van der Waals surface area contributed by atoms with Crippen molar-refractivity contribution in [2.75, 3.05) is 6.54 Å². The number of unbranched alkanes of at least 4 members (excludes halogenated alkanes) is 1. The Bertz CT molecular complexity index is 551. The molecule has 1 atom stereocenters. The molecular weight excluding hydrogens is 253 g/mol. The Hall–Kier alpha value is -1.68. The number of nitrogens with zero attached hydrogens (tertiary/aromatic N) is 2. The van der Waals surface area contributed by atoms with Gasteiger partial charge in [0.25, 0.3) is 0 Å². The van der Waals surface area contributed by atoms with Crippen molar-refractivity contribution in [3.63, 3.8) is 0 Å².